The van der Waals surface area contributed by atoms with Crippen molar-refractivity contribution in [3.05, 3.63) is 83.8 Å². The van der Waals surface area contributed by atoms with Crippen LogP contribution in [0.5, 0.6) is 5.75 Å². The molecule has 1 aliphatic rings. The minimum atomic E-state index is -4.75. The number of carbonyl (C=O) groups is 1. The smallest absolute Gasteiger partial charge is 0.406 e. The van der Waals surface area contributed by atoms with Crippen molar-refractivity contribution in [2.75, 3.05) is 18.4 Å². The second-order valence-electron chi connectivity index (χ2n) is 9.90. The fourth-order valence-corrected chi connectivity index (χ4v) is 4.85. The van der Waals surface area contributed by atoms with E-state index in [4.69, 9.17) is 0 Å². The molecule has 0 saturated carbocycles. The number of imidazole rings is 1. The third-order valence-electron chi connectivity index (χ3n) is 6.88. The number of halogens is 3. The van der Waals surface area contributed by atoms with Gasteiger partial charge in [0.2, 0.25) is 5.91 Å². The van der Waals surface area contributed by atoms with Gasteiger partial charge in [0.25, 0.3) is 0 Å². The Kier molecular flexibility index (Phi) is 8.20. The highest BCUT2D eigenvalue weighted by atomic mass is 19.4. The first kappa shape index (κ1) is 27.4. The maximum absolute atomic E-state index is 12.8. The van der Waals surface area contributed by atoms with Crippen LogP contribution in [0.15, 0.2) is 66.9 Å². The molecule has 0 aliphatic carbocycles. The van der Waals surface area contributed by atoms with Crippen LogP contribution in [-0.2, 0) is 17.8 Å². The highest BCUT2D eigenvalue weighted by Crippen LogP contribution is 2.24. The Morgan fingerprint density at radius 2 is 1.93 bits per heavy atom. The Hall–Kier alpha value is -4.12. The predicted molar refractivity (Wildman–Crippen MR) is 146 cm³/mol. The van der Waals surface area contributed by atoms with Crippen molar-refractivity contribution in [2.24, 2.45) is 0 Å². The van der Waals surface area contributed by atoms with E-state index in [1.54, 1.807) is 24.4 Å². The number of benzene rings is 2. The summed E-state index contributed by atoms with van der Waals surface area (Å²) in [6.07, 6.45) is -1.39. The zero-order valence-electron chi connectivity index (χ0n) is 22.0. The summed E-state index contributed by atoms with van der Waals surface area (Å²) < 4.78 is 43.4. The number of aryl methyl sites for hydroxylation is 1. The van der Waals surface area contributed by atoms with E-state index in [1.807, 2.05) is 41.8 Å². The van der Waals surface area contributed by atoms with Crippen LogP contribution in [-0.4, -0.2) is 45.9 Å². The van der Waals surface area contributed by atoms with E-state index >= 15 is 0 Å². The lowest BCUT2D eigenvalue weighted by Gasteiger charge is -2.17. The Labute approximate surface area is 230 Å². The van der Waals surface area contributed by atoms with Crippen molar-refractivity contribution in [3.8, 4) is 5.75 Å². The van der Waals surface area contributed by atoms with Crippen LogP contribution >= 0.6 is 0 Å². The molecule has 1 aliphatic heterocycles. The Morgan fingerprint density at radius 1 is 1.15 bits per heavy atom. The fraction of sp³-hybridized carbons (Fsp3) is 0.345. The summed E-state index contributed by atoms with van der Waals surface area (Å²) in [5.41, 5.74) is 4.15. The van der Waals surface area contributed by atoms with Crippen molar-refractivity contribution in [2.45, 2.75) is 51.2 Å². The van der Waals surface area contributed by atoms with Crippen LogP contribution in [0, 0.1) is 0 Å². The number of fused-ring (bicyclic) bond motifs is 1. The van der Waals surface area contributed by atoms with Gasteiger partial charge in [-0.1, -0.05) is 24.3 Å². The third-order valence-corrected chi connectivity index (χ3v) is 6.88. The zero-order chi connectivity index (χ0) is 28.1. The molecule has 11 heteroatoms. The number of hydrogen-bond donors (Lipinski definition) is 3. The van der Waals surface area contributed by atoms with Crippen LogP contribution in [0.1, 0.15) is 42.8 Å². The molecule has 0 unspecified atom stereocenters. The van der Waals surface area contributed by atoms with Crippen LogP contribution in [0.4, 0.5) is 18.9 Å². The number of rotatable bonds is 10. The molecule has 3 heterocycles. The lowest BCUT2D eigenvalue weighted by atomic mass is 10.1. The molecule has 0 radical (unpaired) electrons. The number of amides is 1. The summed E-state index contributed by atoms with van der Waals surface area (Å²) in [6, 6.07) is 17.7. The summed E-state index contributed by atoms with van der Waals surface area (Å²) in [7, 11) is 0. The predicted octanol–water partition coefficient (Wildman–Crippen LogP) is 4.96. The Bertz CT molecular complexity index is 1430. The van der Waals surface area contributed by atoms with Crippen molar-refractivity contribution in [3.63, 3.8) is 0 Å². The number of alkyl halides is 3. The van der Waals surface area contributed by atoms with Gasteiger partial charge in [0, 0.05) is 37.3 Å². The molecule has 0 bridgehead atoms. The van der Waals surface area contributed by atoms with Crippen molar-refractivity contribution in [1.29, 1.82) is 0 Å². The van der Waals surface area contributed by atoms with Crippen molar-refractivity contribution < 1.29 is 22.7 Å². The first-order valence-corrected chi connectivity index (χ1v) is 13.2. The van der Waals surface area contributed by atoms with Crippen molar-refractivity contribution >= 4 is 22.8 Å². The molecular weight excluding hydrogens is 521 g/mol. The average molecular weight is 553 g/mol. The summed E-state index contributed by atoms with van der Waals surface area (Å²) in [6.45, 7) is 4.28. The van der Waals surface area contributed by atoms with E-state index in [-0.39, 0.29) is 24.1 Å². The third kappa shape index (κ3) is 7.09. The largest absolute Gasteiger partial charge is 0.573 e. The molecule has 1 fully saturated rings. The summed E-state index contributed by atoms with van der Waals surface area (Å²) in [5.74, 6) is 0.281. The van der Waals surface area contributed by atoms with Gasteiger partial charge in [-0.25, -0.2) is 9.97 Å². The molecule has 210 valence electrons. The monoisotopic (exact) mass is 552 g/mol. The minimum absolute atomic E-state index is 0.105. The molecule has 40 heavy (non-hydrogen) atoms. The first-order chi connectivity index (χ1) is 19.2. The van der Waals surface area contributed by atoms with Gasteiger partial charge in [-0.3, -0.25) is 4.79 Å². The van der Waals surface area contributed by atoms with Gasteiger partial charge in [-0.05, 0) is 67.4 Å². The van der Waals surface area contributed by atoms with Gasteiger partial charge in [0.15, 0.2) is 5.65 Å². The van der Waals surface area contributed by atoms with E-state index in [1.165, 1.54) is 12.1 Å². The van der Waals surface area contributed by atoms with E-state index in [0.717, 1.165) is 36.3 Å². The highest BCUT2D eigenvalue weighted by Gasteiger charge is 2.31. The number of nitrogens with one attached hydrogen (secondary N) is 3. The molecule has 8 nitrogen and oxygen atoms in total. The van der Waals surface area contributed by atoms with Crippen LogP contribution in [0.2, 0.25) is 0 Å². The van der Waals surface area contributed by atoms with Gasteiger partial charge in [-0.2, -0.15) is 0 Å². The Morgan fingerprint density at radius 3 is 2.62 bits per heavy atom. The normalized spacial score (nSPS) is 16.1. The maximum Gasteiger partial charge on any atom is 0.573 e. The summed E-state index contributed by atoms with van der Waals surface area (Å²) in [5, 5.41) is 9.92. The number of aromatic nitrogens is 3. The van der Waals surface area contributed by atoms with E-state index in [0.29, 0.717) is 36.0 Å². The number of ether oxygens (including phenoxy) is 1. The second-order valence-corrected chi connectivity index (χ2v) is 9.90. The molecule has 2 atom stereocenters. The number of carbonyl (C=O) groups excluding carboxylic acids is 1. The SMILES string of the molecule is C[C@H](NC(=O)CCc1nc2cccnc2n1Cc1ccc(OC(F)(F)F)cc1)c1ccc(N[C@H]2CCNC2)cc1. The molecule has 4 aromatic rings. The molecule has 5 rings (SSSR count). The van der Waals surface area contributed by atoms with E-state index < -0.39 is 6.36 Å². The second kappa shape index (κ2) is 12.0. The maximum atomic E-state index is 12.8. The average Bonchev–Trinajstić information content (AvgIpc) is 3.56. The van der Waals surface area contributed by atoms with Gasteiger partial charge in [0.1, 0.15) is 17.1 Å². The number of hydrogen-bond acceptors (Lipinski definition) is 6. The topological polar surface area (TPSA) is 93.1 Å². The van der Waals surface area contributed by atoms with E-state index in [2.05, 4.69) is 30.7 Å². The van der Waals surface area contributed by atoms with Gasteiger partial charge in [-0.15, -0.1) is 13.2 Å². The van der Waals surface area contributed by atoms with Crippen molar-refractivity contribution in [1.82, 2.24) is 25.2 Å². The van der Waals surface area contributed by atoms with Crippen LogP contribution in [0.25, 0.3) is 11.2 Å². The lowest BCUT2D eigenvalue weighted by molar-refractivity contribution is -0.274. The molecule has 0 spiro atoms. The zero-order valence-corrected chi connectivity index (χ0v) is 22.0. The molecule has 3 N–H and O–H groups in total. The quantitative estimate of drug-likeness (QED) is 0.258. The standard InChI is InChI=1S/C29H31F3N6O2/c1-19(21-6-8-22(9-7-21)36-23-14-16-33-17-23)35-27(39)13-12-26-37-25-3-2-15-34-28(25)38(26)18-20-4-10-24(11-5-20)40-29(30,31)32/h2-11,15,19,23,33,36H,12-14,16-18H2,1H3,(H,35,39)/t19-,23-/m0/s1. The fourth-order valence-electron chi connectivity index (χ4n) is 4.85. The van der Waals surface area contributed by atoms with Gasteiger partial charge < -0.3 is 25.3 Å². The van der Waals surface area contributed by atoms with Gasteiger partial charge >= 0.3 is 6.36 Å². The van der Waals surface area contributed by atoms with Crippen LogP contribution < -0.4 is 20.7 Å². The van der Waals surface area contributed by atoms with Crippen LogP contribution in [0.3, 0.4) is 0 Å². The van der Waals surface area contributed by atoms with Gasteiger partial charge in [0.05, 0.1) is 12.6 Å². The molecular formula is C29H31F3N6O2. The van der Waals surface area contributed by atoms with E-state index in [9.17, 15) is 18.0 Å². The Balaban J connectivity index is 1.21. The first-order valence-electron chi connectivity index (χ1n) is 13.2. The molecule has 2 aromatic carbocycles. The molecule has 1 saturated heterocycles. The molecule has 1 amide bonds. The highest BCUT2D eigenvalue weighted by molar-refractivity contribution is 5.77. The number of anilines is 1. The summed E-state index contributed by atoms with van der Waals surface area (Å²) >= 11 is 0. The lowest BCUT2D eigenvalue weighted by Crippen LogP contribution is -2.27. The number of nitrogens with zero attached hydrogens (tertiary/aromatic N) is 3. The molecule has 2 aromatic heterocycles. The minimum Gasteiger partial charge on any atom is -0.406 e. The number of pyridine rings is 1. The summed E-state index contributed by atoms with van der Waals surface area (Å²) in [4.78, 5) is 22.0.